The van der Waals surface area contributed by atoms with Gasteiger partial charge in [-0.2, -0.15) is 0 Å². The van der Waals surface area contributed by atoms with E-state index in [-0.39, 0.29) is 11.9 Å². The van der Waals surface area contributed by atoms with Crippen LogP contribution in [0.2, 0.25) is 0 Å². The molecule has 2 aliphatic heterocycles. The van der Waals surface area contributed by atoms with Crippen molar-refractivity contribution in [3.63, 3.8) is 0 Å². The largest absolute Gasteiger partial charge is 0.492 e. The van der Waals surface area contributed by atoms with Crippen LogP contribution in [0.25, 0.3) is 0 Å². The second-order valence-corrected chi connectivity index (χ2v) is 7.95. The summed E-state index contributed by atoms with van der Waals surface area (Å²) in [5, 5.41) is 3.10. The molecule has 1 atom stereocenters. The van der Waals surface area contributed by atoms with Crippen molar-refractivity contribution in [2.45, 2.75) is 38.6 Å². The number of likely N-dealkylation sites (tertiary alicyclic amines) is 2. The van der Waals surface area contributed by atoms with E-state index in [2.05, 4.69) is 29.1 Å². The molecule has 1 amide bonds. The van der Waals surface area contributed by atoms with E-state index in [4.69, 9.17) is 4.74 Å². The van der Waals surface area contributed by atoms with Crippen LogP contribution in [0.4, 0.5) is 0 Å². The fourth-order valence-corrected chi connectivity index (χ4v) is 4.36. The number of nitrogens with one attached hydrogen (secondary N) is 1. The van der Waals surface area contributed by atoms with Crippen molar-refractivity contribution < 1.29 is 9.53 Å². The molecule has 1 spiro atoms. The second kappa shape index (κ2) is 8.87. The molecule has 3 rings (SSSR count). The standard InChI is InChI=1S/C21H33N3O2/c1-3-12-24-17-21(9-13-23(2)14-10-21)16-19(24)20(25)22-11-15-26-18-7-5-4-6-8-18/h4-8,19H,3,9-17H2,1-2H3,(H,22,25). The van der Waals surface area contributed by atoms with Crippen molar-refractivity contribution in [3.05, 3.63) is 30.3 Å². The summed E-state index contributed by atoms with van der Waals surface area (Å²) in [4.78, 5) is 17.6. The SMILES string of the molecule is CCCN1CC2(CCN(C)CC2)CC1C(=O)NCCOc1ccccc1. The fourth-order valence-electron chi connectivity index (χ4n) is 4.36. The normalized spacial score (nSPS) is 23.2. The van der Waals surface area contributed by atoms with Gasteiger partial charge in [0, 0.05) is 6.54 Å². The average molecular weight is 360 g/mol. The molecule has 2 aliphatic rings. The Kier molecular flexibility index (Phi) is 6.54. The predicted molar refractivity (Wildman–Crippen MR) is 104 cm³/mol. The Balaban J connectivity index is 1.49. The van der Waals surface area contributed by atoms with Crippen LogP contribution in [-0.4, -0.2) is 68.1 Å². The quantitative estimate of drug-likeness (QED) is 0.759. The van der Waals surface area contributed by atoms with E-state index < -0.39 is 0 Å². The summed E-state index contributed by atoms with van der Waals surface area (Å²) in [5.41, 5.74) is 0.338. The minimum atomic E-state index is 0.0232. The zero-order valence-corrected chi connectivity index (χ0v) is 16.2. The molecule has 0 radical (unpaired) electrons. The number of rotatable bonds is 7. The lowest BCUT2D eigenvalue weighted by molar-refractivity contribution is -0.125. The number of nitrogens with zero attached hydrogens (tertiary/aromatic N) is 2. The van der Waals surface area contributed by atoms with Crippen LogP contribution >= 0.6 is 0 Å². The molecule has 0 bridgehead atoms. The number of para-hydroxylation sites is 1. The lowest BCUT2D eigenvalue weighted by Gasteiger charge is -2.37. The van der Waals surface area contributed by atoms with Crippen LogP contribution in [0.5, 0.6) is 5.75 Å². The second-order valence-electron chi connectivity index (χ2n) is 7.95. The van der Waals surface area contributed by atoms with Gasteiger partial charge in [-0.25, -0.2) is 0 Å². The van der Waals surface area contributed by atoms with Gasteiger partial charge in [0.1, 0.15) is 12.4 Å². The number of benzene rings is 1. The number of piperidine rings is 1. The highest BCUT2D eigenvalue weighted by atomic mass is 16.5. The highest BCUT2D eigenvalue weighted by Gasteiger charge is 2.47. The van der Waals surface area contributed by atoms with Crippen LogP contribution in [0.15, 0.2) is 30.3 Å². The van der Waals surface area contributed by atoms with Gasteiger partial charge in [0.15, 0.2) is 0 Å². The van der Waals surface area contributed by atoms with Gasteiger partial charge < -0.3 is 15.0 Å². The summed E-state index contributed by atoms with van der Waals surface area (Å²) in [7, 11) is 2.20. The molecule has 5 heteroatoms. The number of amides is 1. The first-order chi connectivity index (χ1) is 12.6. The smallest absolute Gasteiger partial charge is 0.237 e. The highest BCUT2D eigenvalue weighted by Crippen LogP contribution is 2.43. The first-order valence-electron chi connectivity index (χ1n) is 10.00. The van der Waals surface area contributed by atoms with Crippen molar-refractivity contribution in [2.75, 3.05) is 46.4 Å². The molecule has 26 heavy (non-hydrogen) atoms. The van der Waals surface area contributed by atoms with Crippen LogP contribution in [0.1, 0.15) is 32.6 Å². The van der Waals surface area contributed by atoms with Crippen molar-refractivity contribution in [2.24, 2.45) is 5.41 Å². The molecular formula is C21H33N3O2. The maximum atomic E-state index is 12.8. The maximum absolute atomic E-state index is 12.8. The fraction of sp³-hybridized carbons (Fsp3) is 0.667. The summed E-state index contributed by atoms with van der Waals surface area (Å²) >= 11 is 0. The van der Waals surface area contributed by atoms with E-state index in [1.54, 1.807) is 0 Å². The lowest BCUT2D eigenvalue weighted by Crippen LogP contribution is -2.44. The number of ether oxygens (including phenoxy) is 1. The van der Waals surface area contributed by atoms with Gasteiger partial charge in [-0.3, -0.25) is 9.69 Å². The maximum Gasteiger partial charge on any atom is 0.237 e. The van der Waals surface area contributed by atoms with Crippen LogP contribution < -0.4 is 10.1 Å². The first-order valence-corrected chi connectivity index (χ1v) is 10.00. The minimum absolute atomic E-state index is 0.0232. The van der Waals surface area contributed by atoms with Gasteiger partial charge in [-0.15, -0.1) is 0 Å². The topological polar surface area (TPSA) is 44.8 Å². The Labute approximate surface area is 157 Å². The average Bonchev–Trinajstić information content (AvgIpc) is 3.01. The Morgan fingerprint density at radius 3 is 2.69 bits per heavy atom. The monoisotopic (exact) mass is 359 g/mol. The zero-order chi connectivity index (χ0) is 18.4. The first kappa shape index (κ1) is 19.2. The Morgan fingerprint density at radius 2 is 2.00 bits per heavy atom. The molecule has 144 valence electrons. The van der Waals surface area contributed by atoms with Crippen LogP contribution in [0.3, 0.4) is 0 Å². The van der Waals surface area contributed by atoms with Crippen molar-refractivity contribution in [1.82, 2.24) is 15.1 Å². The van der Waals surface area contributed by atoms with Gasteiger partial charge in [-0.05, 0) is 69.9 Å². The van der Waals surface area contributed by atoms with E-state index >= 15 is 0 Å². The molecule has 1 aromatic carbocycles. The number of hydrogen-bond donors (Lipinski definition) is 1. The van der Waals surface area contributed by atoms with E-state index in [0.29, 0.717) is 18.6 Å². The summed E-state index contributed by atoms with van der Waals surface area (Å²) < 4.78 is 5.68. The Bertz CT molecular complexity index is 570. The lowest BCUT2D eigenvalue weighted by atomic mass is 9.76. The Hall–Kier alpha value is -1.59. The van der Waals surface area contributed by atoms with Gasteiger partial charge in [-0.1, -0.05) is 25.1 Å². The van der Waals surface area contributed by atoms with Gasteiger partial charge in [0.2, 0.25) is 5.91 Å². The molecule has 0 aliphatic carbocycles. The summed E-state index contributed by atoms with van der Waals surface area (Å²) in [6, 6.07) is 9.77. The number of carbonyl (C=O) groups excluding carboxylic acids is 1. The number of hydrogen-bond acceptors (Lipinski definition) is 4. The third-order valence-electron chi connectivity index (χ3n) is 5.88. The van der Waals surface area contributed by atoms with Gasteiger partial charge in [0.05, 0.1) is 12.6 Å². The third-order valence-corrected chi connectivity index (χ3v) is 5.88. The van der Waals surface area contributed by atoms with Crippen molar-refractivity contribution in [1.29, 1.82) is 0 Å². The molecule has 1 N–H and O–H groups in total. The Morgan fingerprint density at radius 1 is 1.27 bits per heavy atom. The van der Waals surface area contributed by atoms with E-state index in [0.717, 1.165) is 44.8 Å². The molecule has 0 saturated carbocycles. The van der Waals surface area contributed by atoms with Crippen molar-refractivity contribution >= 4 is 5.91 Å². The van der Waals surface area contributed by atoms with Crippen LogP contribution in [-0.2, 0) is 4.79 Å². The third kappa shape index (κ3) is 4.77. The zero-order valence-electron chi connectivity index (χ0n) is 16.2. The van der Waals surface area contributed by atoms with Crippen LogP contribution in [0, 0.1) is 5.41 Å². The summed E-state index contributed by atoms with van der Waals surface area (Å²) in [6.07, 6.45) is 4.53. The summed E-state index contributed by atoms with van der Waals surface area (Å²) in [5.74, 6) is 1.02. The summed E-state index contributed by atoms with van der Waals surface area (Å²) in [6.45, 7) is 7.65. The predicted octanol–water partition coefficient (Wildman–Crippen LogP) is 2.38. The molecular weight excluding hydrogens is 326 g/mol. The van der Waals surface area contributed by atoms with E-state index in [1.165, 1.54) is 12.8 Å². The molecule has 0 aromatic heterocycles. The molecule has 1 unspecified atom stereocenters. The van der Waals surface area contributed by atoms with E-state index in [1.807, 2.05) is 30.3 Å². The highest BCUT2D eigenvalue weighted by molar-refractivity contribution is 5.82. The molecule has 2 saturated heterocycles. The number of carbonyl (C=O) groups is 1. The molecule has 2 heterocycles. The molecule has 5 nitrogen and oxygen atoms in total. The molecule has 2 fully saturated rings. The molecule has 1 aromatic rings. The minimum Gasteiger partial charge on any atom is -0.492 e. The van der Waals surface area contributed by atoms with Gasteiger partial charge in [0.25, 0.3) is 0 Å². The van der Waals surface area contributed by atoms with Gasteiger partial charge >= 0.3 is 0 Å². The van der Waals surface area contributed by atoms with Crippen molar-refractivity contribution in [3.8, 4) is 5.75 Å². The van der Waals surface area contributed by atoms with E-state index in [9.17, 15) is 4.79 Å².